The fraction of sp³-hybridized carbons (Fsp3) is 0.619. The first-order valence-corrected chi connectivity index (χ1v) is 14.1. The van der Waals surface area contributed by atoms with E-state index in [4.69, 9.17) is 0 Å². The predicted molar refractivity (Wildman–Crippen MR) is 120 cm³/mol. The third-order valence-electron chi connectivity index (χ3n) is 5.97. The number of nitrogens with one attached hydrogen (secondary N) is 1. The van der Waals surface area contributed by atoms with Crippen LogP contribution in [0.3, 0.4) is 0 Å². The summed E-state index contributed by atoms with van der Waals surface area (Å²) in [6.45, 7) is 2.23. The van der Waals surface area contributed by atoms with Gasteiger partial charge in [0.25, 0.3) is 0 Å². The number of benzene rings is 1. The molecule has 2 aliphatic rings. The summed E-state index contributed by atoms with van der Waals surface area (Å²) in [4.78, 5) is 24.9. The van der Waals surface area contributed by atoms with Gasteiger partial charge in [-0.15, -0.1) is 0 Å². The highest BCUT2D eigenvalue weighted by Gasteiger charge is 2.33. The van der Waals surface area contributed by atoms with Crippen LogP contribution in [0.25, 0.3) is 0 Å². The number of carbonyl (C=O) groups is 2. The van der Waals surface area contributed by atoms with E-state index in [9.17, 15) is 26.4 Å². The molecule has 2 fully saturated rings. The van der Waals surface area contributed by atoms with Crippen molar-refractivity contribution in [3.63, 3.8) is 0 Å². The lowest BCUT2D eigenvalue weighted by Gasteiger charge is -2.34. The Balaban J connectivity index is 1.56. The van der Waals surface area contributed by atoms with Gasteiger partial charge < -0.3 is 0 Å². The molecule has 2 heterocycles. The van der Waals surface area contributed by atoms with Gasteiger partial charge >= 0.3 is 0 Å². The van der Waals surface area contributed by atoms with Gasteiger partial charge in [0.1, 0.15) is 0 Å². The quantitative estimate of drug-likeness (QED) is 0.528. The summed E-state index contributed by atoms with van der Waals surface area (Å²) < 4.78 is 55.0. The van der Waals surface area contributed by atoms with Crippen LogP contribution in [0.1, 0.15) is 50.5 Å². The van der Waals surface area contributed by atoms with Gasteiger partial charge in [-0.05, 0) is 44.7 Å². The smallest absolute Gasteiger partial charge is 0.243 e. The molecule has 0 radical (unpaired) electrons. The second kappa shape index (κ2) is 10.4. The molecule has 1 aromatic carbocycles. The zero-order chi connectivity index (χ0) is 23.4. The number of hydrogen-bond donors (Lipinski definition) is 1. The van der Waals surface area contributed by atoms with Crippen LogP contribution in [0.2, 0.25) is 0 Å². The van der Waals surface area contributed by atoms with E-state index in [1.807, 2.05) is 6.92 Å². The predicted octanol–water partition coefficient (Wildman–Crippen LogP) is 1.39. The lowest BCUT2D eigenvalue weighted by molar-refractivity contribution is -0.147. The van der Waals surface area contributed by atoms with Crippen LogP contribution in [0.5, 0.6) is 0 Å². The van der Waals surface area contributed by atoms with Crippen LogP contribution >= 0.6 is 0 Å². The van der Waals surface area contributed by atoms with E-state index >= 15 is 0 Å². The molecule has 1 atom stereocenters. The standard InChI is InChI=1S/C21H31N3O6S2/c1-17-8-10-19(11-9-17)32(29,30)24-14-3-2-5-18(24)12-13-22-31(27,28)16-15-23-20(25)6-4-7-21(23)26/h8-11,18,22H,2-7,12-16H2,1H3/t18-/m1/s1. The number of carbonyl (C=O) groups excluding carboxylic acids is 2. The Hall–Kier alpha value is -1.82. The molecule has 3 rings (SSSR count). The average Bonchev–Trinajstić information content (AvgIpc) is 2.74. The normalized spacial score (nSPS) is 21.2. The third-order valence-corrected chi connectivity index (χ3v) is 9.30. The second-order valence-corrected chi connectivity index (χ2v) is 12.2. The molecule has 32 heavy (non-hydrogen) atoms. The Labute approximate surface area is 190 Å². The maximum Gasteiger partial charge on any atom is 0.243 e. The first-order valence-electron chi connectivity index (χ1n) is 11.0. The summed E-state index contributed by atoms with van der Waals surface area (Å²) in [7, 11) is -7.36. The zero-order valence-corrected chi connectivity index (χ0v) is 20.0. The Morgan fingerprint density at radius 2 is 1.62 bits per heavy atom. The molecular formula is C21H31N3O6S2. The van der Waals surface area contributed by atoms with Crippen molar-refractivity contribution in [1.29, 1.82) is 0 Å². The fourth-order valence-corrected chi connectivity index (χ4v) is 6.86. The molecule has 0 bridgehead atoms. The minimum absolute atomic E-state index is 0.0921. The highest BCUT2D eigenvalue weighted by Crippen LogP contribution is 2.27. The maximum absolute atomic E-state index is 13.1. The summed E-state index contributed by atoms with van der Waals surface area (Å²) in [5.41, 5.74) is 0.974. The molecular weight excluding hydrogens is 454 g/mol. The molecule has 0 spiro atoms. The molecule has 0 saturated carbocycles. The summed E-state index contributed by atoms with van der Waals surface area (Å²) in [6.07, 6.45) is 3.69. The summed E-state index contributed by atoms with van der Waals surface area (Å²) in [5.74, 6) is -1.04. The Bertz CT molecular complexity index is 1020. The molecule has 0 aliphatic carbocycles. The second-order valence-electron chi connectivity index (χ2n) is 8.37. The Kier molecular flexibility index (Phi) is 8.07. The van der Waals surface area contributed by atoms with Crippen molar-refractivity contribution in [3.05, 3.63) is 29.8 Å². The molecule has 11 heteroatoms. The molecule has 1 aromatic rings. The number of aryl methyl sites for hydroxylation is 1. The van der Waals surface area contributed by atoms with Gasteiger partial charge in [-0.2, -0.15) is 4.31 Å². The number of hydrogen-bond acceptors (Lipinski definition) is 6. The zero-order valence-electron chi connectivity index (χ0n) is 18.3. The summed E-state index contributed by atoms with van der Waals surface area (Å²) in [6, 6.07) is 6.43. The summed E-state index contributed by atoms with van der Waals surface area (Å²) >= 11 is 0. The van der Waals surface area contributed by atoms with E-state index in [0.717, 1.165) is 23.3 Å². The molecule has 0 aromatic heterocycles. The number of nitrogens with zero attached hydrogens (tertiary/aromatic N) is 2. The van der Waals surface area contributed by atoms with E-state index in [-0.39, 0.29) is 54.4 Å². The number of likely N-dealkylation sites (tertiary alicyclic amines) is 1. The molecule has 178 valence electrons. The van der Waals surface area contributed by atoms with E-state index in [2.05, 4.69) is 4.72 Å². The average molecular weight is 486 g/mol. The van der Waals surface area contributed by atoms with Crippen LogP contribution in [-0.2, 0) is 29.6 Å². The molecule has 1 N–H and O–H groups in total. The van der Waals surface area contributed by atoms with Gasteiger partial charge in [0, 0.05) is 38.5 Å². The van der Waals surface area contributed by atoms with E-state index in [1.54, 1.807) is 24.3 Å². The summed E-state index contributed by atoms with van der Waals surface area (Å²) in [5, 5.41) is 0. The lowest BCUT2D eigenvalue weighted by atomic mass is 10.0. The number of sulfonamides is 2. The van der Waals surface area contributed by atoms with Gasteiger partial charge in [0.2, 0.25) is 31.9 Å². The Morgan fingerprint density at radius 3 is 2.28 bits per heavy atom. The fourth-order valence-electron chi connectivity index (χ4n) is 4.14. The van der Waals surface area contributed by atoms with Gasteiger partial charge in [0.15, 0.2) is 0 Å². The number of imide groups is 1. The van der Waals surface area contributed by atoms with Crippen molar-refractivity contribution in [3.8, 4) is 0 Å². The van der Waals surface area contributed by atoms with Crippen LogP contribution in [0.15, 0.2) is 29.2 Å². The first kappa shape index (κ1) is 24.8. The van der Waals surface area contributed by atoms with E-state index < -0.39 is 20.0 Å². The Morgan fingerprint density at radius 1 is 0.969 bits per heavy atom. The van der Waals surface area contributed by atoms with Crippen LogP contribution in [-0.4, -0.2) is 69.3 Å². The van der Waals surface area contributed by atoms with Crippen LogP contribution < -0.4 is 4.72 Å². The molecule has 2 saturated heterocycles. The van der Waals surface area contributed by atoms with Crippen LogP contribution in [0.4, 0.5) is 0 Å². The lowest BCUT2D eigenvalue weighted by Crippen LogP contribution is -2.46. The van der Waals surface area contributed by atoms with Crippen molar-refractivity contribution in [1.82, 2.24) is 13.9 Å². The third kappa shape index (κ3) is 6.15. The topological polar surface area (TPSA) is 121 Å². The highest BCUT2D eigenvalue weighted by molar-refractivity contribution is 7.89. The van der Waals surface area contributed by atoms with Gasteiger partial charge in [-0.25, -0.2) is 21.6 Å². The minimum Gasteiger partial charge on any atom is -0.282 e. The van der Waals surface area contributed by atoms with Gasteiger partial charge in [-0.3, -0.25) is 14.5 Å². The first-order chi connectivity index (χ1) is 15.1. The maximum atomic E-state index is 13.1. The largest absolute Gasteiger partial charge is 0.282 e. The van der Waals surface area contributed by atoms with Gasteiger partial charge in [0.05, 0.1) is 10.6 Å². The molecule has 2 amide bonds. The van der Waals surface area contributed by atoms with Crippen molar-refractivity contribution in [2.75, 3.05) is 25.4 Å². The minimum atomic E-state index is -3.70. The van der Waals surface area contributed by atoms with Crippen molar-refractivity contribution in [2.24, 2.45) is 0 Å². The SMILES string of the molecule is Cc1ccc(S(=O)(=O)N2CCCC[C@@H]2CCNS(=O)(=O)CCN2C(=O)CCCC2=O)cc1. The van der Waals surface area contributed by atoms with Crippen LogP contribution in [0, 0.1) is 6.92 Å². The molecule has 2 aliphatic heterocycles. The molecule has 0 unspecified atom stereocenters. The van der Waals surface area contributed by atoms with Crippen molar-refractivity contribution < 1.29 is 26.4 Å². The van der Waals surface area contributed by atoms with E-state index in [0.29, 0.717) is 25.8 Å². The van der Waals surface area contributed by atoms with Gasteiger partial charge in [-0.1, -0.05) is 24.1 Å². The number of amides is 2. The molecule has 9 nitrogen and oxygen atoms in total. The monoisotopic (exact) mass is 485 g/mol. The number of rotatable bonds is 9. The van der Waals surface area contributed by atoms with Crippen molar-refractivity contribution >= 4 is 31.9 Å². The highest BCUT2D eigenvalue weighted by atomic mass is 32.2. The van der Waals surface area contributed by atoms with Crippen molar-refractivity contribution in [2.45, 2.75) is 62.8 Å². The number of piperidine rings is 2. The van der Waals surface area contributed by atoms with E-state index in [1.165, 1.54) is 4.31 Å².